The van der Waals surface area contributed by atoms with Crippen molar-refractivity contribution in [3.05, 3.63) is 12.7 Å². The number of nitrogens with one attached hydrogen (secondary N) is 2. The van der Waals surface area contributed by atoms with Crippen molar-refractivity contribution in [3.8, 4) is 0 Å². The second kappa shape index (κ2) is 9.63. The lowest BCUT2D eigenvalue weighted by Crippen LogP contribution is -2.50. The maximum Gasteiger partial charge on any atom is 0.243 e. The number of likely N-dealkylation sites (N-methyl/N-ethyl adjacent to an activating group) is 1. The Morgan fingerprint density at radius 3 is 2.50 bits per heavy atom. The van der Waals surface area contributed by atoms with Gasteiger partial charge in [0, 0.05) is 39.8 Å². The molecule has 8 nitrogen and oxygen atoms in total. The smallest absolute Gasteiger partial charge is 0.243 e. The van der Waals surface area contributed by atoms with Gasteiger partial charge in [-0.1, -0.05) is 6.08 Å². The third kappa shape index (κ3) is 6.48. The molecule has 2 N–H and O–H groups in total. The van der Waals surface area contributed by atoms with Crippen LogP contribution in [0, 0.1) is 0 Å². The van der Waals surface area contributed by atoms with E-state index < -0.39 is 10.0 Å². The molecule has 0 aromatic heterocycles. The van der Waals surface area contributed by atoms with Crippen molar-refractivity contribution in [1.29, 1.82) is 0 Å². The third-order valence-electron chi connectivity index (χ3n) is 3.84. The van der Waals surface area contributed by atoms with E-state index in [9.17, 15) is 13.2 Å². The first-order chi connectivity index (χ1) is 11.3. The zero-order valence-corrected chi connectivity index (χ0v) is 15.6. The molecule has 1 saturated heterocycles. The summed E-state index contributed by atoms with van der Waals surface area (Å²) in [6, 6.07) is 0.124. The molecule has 0 saturated carbocycles. The number of rotatable bonds is 7. The summed E-state index contributed by atoms with van der Waals surface area (Å²) in [6.45, 7) is 6.90. The molecule has 24 heavy (non-hydrogen) atoms. The Labute approximate surface area is 145 Å². The normalized spacial score (nSPS) is 17.4. The molecule has 0 bridgehead atoms. The number of sulfonamides is 1. The molecule has 1 amide bonds. The first-order valence-corrected chi connectivity index (χ1v) is 9.74. The fraction of sp³-hybridized carbons (Fsp3) is 0.733. The lowest BCUT2D eigenvalue weighted by atomic mass is 10.1. The van der Waals surface area contributed by atoms with Crippen LogP contribution < -0.4 is 10.6 Å². The number of piperidine rings is 1. The van der Waals surface area contributed by atoms with Crippen LogP contribution in [0.1, 0.15) is 19.8 Å². The highest BCUT2D eigenvalue weighted by Gasteiger charge is 2.27. The van der Waals surface area contributed by atoms with E-state index in [2.05, 4.69) is 22.2 Å². The van der Waals surface area contributed by atoms with Gasteiger partial charge in [-0.2, -0.15) is 0 Å². The molecule has 1 aliphatic rings. The van der Waals surface area contributed by atoms with E-state index in [1.54, 1.807) is 27.1 Å². The van der Waals surface area contributed by atoms with Gasteiger partial charge in [-0.05, 0) is 19.8 Å². The van der Waals surface area contributed by atoms with Crippen molar-refractivity contribution < 1.29 is 13.2 Å². The summed E-state index contributed by atoms with van der Waals surface area (Å²) >= 11 is 0. The SMILES string of the molecule is C=CCNC(=NCC(=O)N(C)C)NC1CCN(S(=O)(=O)CC)CC1. The van der Waals surface area contributed by atoms with Crippen molar-refractivity contribution >= 4 is 21.9 Å². The zero-order chi connectivity index (χ0) is 18.2. The summed E-state index contributed by atoms with van der Waals surface area (Å²) in [4.78, 5) is 17.4. The van der Waals surface area contributed by atoms with Gasteiger partial charge in [0.25, 0.3) is 0 Å². The zero-order valence-electron chi connectivity index (χ0n) is 14.8. The number of hydrogen-bond acceptors (Lipinski definition) is 4. The molecule has 1 aliphatic heterocycles. The maximum atomic E-state index is 11.9. The number of amides is 1. The third-order valence-corrected chi connectivity index (χ3v) is 5.72. The van der Waals surface area contributed by atoms with Crippen LogP contribution in [0.4, 0.5) is 0 Å². The van der Waals surface area contributed by atoms with Gasteiger partial charge in [-0.3, -0.25) is 4.79 Å². The number of nitrogens with zero attached hydrogens (tertiary/aromatic N) is 3. The summed E-state index contributed by atoms with van der Waals surface area (Å²) in [7, 11) is 0.251. The second-order valence-corrected chi connectivity index (χ2v) is 8.10. The highest BCUT2D eigenvalue weighted by molar-refractivity contribution is 7.89. The predicted octanol–water partition coefficient (Wildman–Crippen LogP) is -0.390. The highest BCUT2D eigenvalue weighted by atomic mass is 32.2. The second-order valence-electron chi connectivity index (χ2n) is 5.84. The first kappa shape index (κ1) is 20.4. The van der Waals surface area contributed by atoms with Gasteiger partial charge >= 0.3 is 0 Å². The molecule has 1 rings (SSSR count). The summed E-state index contributed by atoms with van der Waals surface area (Å²) < 4.78 is 25.3. The largest absolute Gasteiger partial charge is 0.354 e. The molecule has 0 aromatic carbocycles. The predicted molar refractivity (Wildman–Crippen MR) is 96.4 cm³/mol. The molecular weight excluding hydrogens is 330 g/mol. The van der Waals surface area contributed by atoms with Crippen LogP contribution in [0.3, 0.4) is 0 Å². The monoisotopic (exact) mass is 359 g/mol. The molecule has 0 spiro atoms. The molecule has 0 atom stereocenters. The lowest BCUT2D eigenvalue weighted by molar-refractivity contribution is -0.127. The van der Waals surface area contributed by atoms with E-state index in [-0.39, 0.29) is 24.2 Å². The van der Waals surface area contributed by atoms with E-state index in [1.165, 1.54) is 9.21 Å². The molecule has 0 aliphatic carbocycles. The van der Waals surface area contributed by atoms with Gasteiger partial charge in [-0.25, -0.2) is 17.7 Å². The van der Waals surface area contributed by atoms with Crippen molar-refractivity contribution in [2.45, 2.75) is 25.8 Å². The van der Waals surface area contributed by atoms with Gasteiger partial charge in [-0.15, -0.1) is 6.58 Å². The van der Waals surface area contributed by atoms with E-state index >= 15 is 0 Å². The van der Waals surface area contributed by atoms with Gasteiger partial charge < -0.3 is 15.5 Å². The van der Waals surface area contributed by atoms with E-state index in [1.807, 2.05) is 0 Å². The molecule has 1 fully saturated rings. The minimum absolute atomic E-state index is 0.0581. The number of hydrogen-bond donors (Lipinski definition) is 2. The number of carbonyl (C=O) groups is 1. The minimum Gasteiger partial charge on any atom is -0.354 e. The molecule has 0 radical (unpaired) electrons. The lowest BCUT2D eigenvalue weighted by Gasteiger charge is -2.32. The van der Waals surface area contributed by atoms with E-state index in [0.717, 1.165) is 0 Å². The molecule has 0 aromatic rings. The van der Waals surface area contributed by atoms with E-state index in [4.69, 9.17) is 0 Å². The Hall–Kier alpha value is -1.61. The van der Waals surface area contributed by atoms with Crippen LogP contribution in [0.15, 0.2) is 17.6 Å². The van der Waals surface area contributed by atoms with Crippen LogP contribution in [0.5, 0.6) is 0 Å². The van der Waals surface area contributed by atoms with Gasteiger partial charge in [0.2, 0.25) is 15.9 Å². The molecule has 1 heterocycles. The van der Waals surface area contributed by atoms with Gasteiger partial charge in [0.05, 0.1) is 5.75 Å². The van der Waals surface area contributed by atoms with Gasteiger partial charge in [0.1, 0.15) is 6.54 Å². The van der Waals surface area contributed by atoms with Crippen molar-refractivity contribution in [3.63, 3.8) is 0 Å². The highest BCUT2D eigenvalue weighted by Crippen LogP contribution is 2.14. The Balaban J connectivity index is 2.60. The Morgan fingerprint density at radius 1 is 1.38 bits per heavy atom. The van der Waals surface area contributed by atoms with E-state index in [0.29, 0.717) is 38.4 Å². The molecule has 138 valence electrons. The van der Waals surface area contributed by atoms with Crippen LogP contribution in [-0.2, 0) is 14.8 Å². The van der Waals surface area contributed by atoms with Crippen LogP contribution >= 0.6 is 0 Å². The number of carbonyl (C=O) groups excluding carboxylic acids is 1. The fourth-order valence-corrected chi connectivity index (χ4v) is 3.40. The summed E-state index contributed by atoms with van der Waals surface area (Å²) in [6.07, 6.45) is 3.12. The average molecular weight is 359 g/mol. The minimum atomic E-state index is -3.12. The Bertz CT molecular complexity index is 551. The summed E-state index contributed by atoms with van der Waals surface area (Å²) in [5.41, 5.74) is 0. The average Bonchev–Trinajstić information content (AvgIpc) is 2.57. The number of guanidine groups is 1. The first-order valence-electron chi connectivity index (χ1n) is 8.13. The van der Waals surface area contributed by atoms with Crippen LogP contribution in [-0.4, -0.2) is 81.6 Å². The summed E-state index contributed by atoms with van der Waals surface area (Å²) in [5, 5.41) is 6.36. The Kier molecular flexibility index (Phi) is 8.20. The fourth-order valence-electron chi connectivity index (χ4n) is 2.26. The Morgan fingerprint density at radius 2 is 2.00 bits per heavy atom. The summed E-state index contributed by atoms with van der Waals surface area (Å²) in [5.74, 6) is 0.589. The van der Waals surface area contributed by atoms with Gasteiger partial charge in [0.15, 0.2) is 5.96 Å². The number of aliphatic imine (C=N–C) groups is 1. The quantitative estimate of drug-likeness (QED) is 0.367. The molecule has 9 heteroatoms. The van der Waals surface area contributed by atoms with Crippen molar-refractivity contribution in [2.24, 2.45) is 4.99 Å². The topological polar surface area (TPSA) is 94.1 Å². The maximum absolute atomic E-state index is 11.9. The van der Waals surface area contributed by atoms with Crippen molar-refractivity contribution in [2.75, 3.05) is 46.0 Å². The molecular formula is C15H29N5O3S. The van der Waals surface area contributed by atoms with Crippen molar-refractivity contribution in [1.82, 2.24) is 19.8 Å². The van der Waals surface area contributed by atoms with Crippen LogP contribution in [0.2, 0.25) is 0 Å². The molecule has 0 unspecified atom stereocenters. The standard InChI is InChI=1S/C15H29N5O3S/c1-5-9-16-15(17-12-14(21)19(3)4)18-13-7-10-20(11-8-13)24(22,23)6-2/h5,13H,1,6-12H2,2-4H3,(H2,16,17,18). The van der Waals surface area contributed by atoms with Crippen LogP contribution in [0.25, 0.3) is 0 Å².